The van der Waals surface area contributed by atoms with E-state index in [0.717, 1.165) is 59.9 Å². The summed E-state index contributed by atoms with van der Waals surface area (Å²) in [6.07, 6.45) is 5.83. The molecule has 0 bridgehead atoms. The maximum atomic E-state index is 12.8. The average Bonchev–Trinajstić information content (AvgIpc) is 3.42. The van der Waals surface area contributed by atoms with Crippen LogP contribution in [0.3, 0.4) is 0 Å². The Bertz CT molecular complexity index is 978. The lowest BCUT2D eigenvalue weighted by Crippen LogP contribution is -2.29. The zero-order valence-corrected chi connectivity index (χ0v) is 17.0. The highest BCUT2D eigenvalue weighted by molar-refractivity contribution is 7.08. The lowest BCUT2D eigenvalue weighted by molar-refractivity contribution is 0.0790. The van der Waals surface area contributed by atoms with E-state index < -0.39 is 0 Å². The molecule has 0 spiro atoms. The molecule has 0 radical (unpaired) electrons. The Morgan fingerprint density at radius 2 is 2.11 bits per heavy atom. The van der Waals surface area contributed by atoms with Crippen molar-refractivity contribution in [1.82, 2.24) is 29.6 Å². The first-order valence-corrected chi connectivity index (χ1v) is 10.2. The maximum absolute atomic E-state index is 12.8. The van der Waals surface area contributed by atoms with Crippen LogP contribution in [0.25, 0.3) is 11.3 Å². The van der Waals surface area contributed by atoms with Crippen LogP contribution in [0, 0.1) is 19.8 Å². The van der Waals surface area contributed by atoms with E-state index in [9.17, 15) is 4.79 Å². The van der Waals surface area contributed by atoms with Crippen LogP contribution in [0.5, 0.6) is 0 Å². The minimum absolute atomic E-state index is 0.0412. The van der Waals surface area contributed by atoms with Crippen LogP contribution in [0.4, 0.5) is 0 Å². The maximum Gasteiger partial charge on any atom is 0.267 e. The van der Waals surface area contributed by atoms with E-state index in [2.05, 4.69) is 24.7 Å². The smallest absolute Gasteiger partial charge is 0.267 e. The zero-order valence-electron chi connectivity index (χ0n) is 16.2. The first kappa shape index (κ1) is 18.7. The minimum atomic E-state index is 0.0412. The second kappa shape index (κ2) is 7.75. The topological polar surface area (TPSA) is 97.9 Å². The van der Waals surface area contributed by atoms with Gasteiger partial charge in [0.2, 0.25) is 0 Å². The fourth-order valence-electron chi connectivity index (χ4n) is 3.75. The van der Waals surface area contributed by atoms with Gasteiger partial charge >= 0.3 is 0 Å². The van der Waals surface area contributed by atoms with Gasteiger partial charge in [0.25, 0.3) is 5.91 Å². The molecule has 4 rings (SSSR count). The van der Waals surface area contributed by atoms with Gasteiger partial charge in [-0.2, -0.15) is 0 Å². The van der Waals surface area contributed by atoms with Crippen LogP contribution in [0.1, 0.15) is 45.9 Å². The van der Waals surface area contributed by atoms with Crippen LogP contribution >= 0.6 is 11.5 Å². The SMILES string of the molecule is CCc1nnsc1C(=O)N1CCC(Cc2nccnc2-c2c(C)noc2C)C1. The summed E-state index contributed by atoms with van der Waals surface area (Å²) in [6.45, 7) is 7.24. The van der Waals surface area contributed by atoms with Gasteiger partial charge in [0.05, 0.1) is 28.3 Å². The molecule has 0 saturated carbocycles. The summed E-state index contributed by atoms with van der Waals surface area (Å²) < 4.78 is 9.24. The summed E-state index contributed by atoms with van der Waals surface area (Å²) in [6, 6.07) is 0. The number of aromatic nitrogens is 5. The molecule has 28 heavy (non-hydrogen) atoms. The average molecular weight is 398 g/mol. The molecule has 1 unspecified atom stereocenters. The highest BCUT2D eigenvalue weighted by atomic mass is 32.1. The molecule has 0 aromatic carbocycles. The van der Waals surface area contributed by atoms with E-state index in [-0.39, 0.29) is 5.91 Å². The number of hydrogen-bond donors (Lipinski definition) is 0. The summed E-state index contributed by atoms with van der Waals surface area (Å²) in [4.78, 5) is 24.5. The van der Waals surface area contributed by atoms with Crippen molar-refractivity contribution in [3.8, 4) is 11.3 Å². The summed E-state index contributed by atoms with van der Waals surface area (Å²) in [5.41, 5.74) is 4.26. The molecule has 1 aliphatic rings. The van der Waals surface area contributed by atoms with Crippen molar-refractivity contribution < 1.29 is 9.32 Å². The van der Waals surface area contributed by atoms with Gasteiger partial charge in [0.15, 0.2) is 0 Å². The molecule has 0 aliphatic carbocycles. The molecule has 3 aromatic rings. The van der Waals surface area contributed by atoms with Crippen LogP contribution in [0.15, 0.2) is 16.9 Å². The van der Waals surface area contributed by atoms with Crippen molar-refractivity contribution in [3.63, 3.8) is 0 Å². The van der Waals surface area contributed by atoms with E-state index in [4.69, 9.17) is 4.52 Å². The number of carbonyl (C=O) groups excluding carboxylic acids is 1. The summed E-state index contributed by atoms with van der Waals surface area (Å²) in [5, 5.41) is 8.10. The third-order valence-electron chi connectivity index (χ3n) is 5.18. The molecule has 1 aliphatic heterocycles. The van der Waals surface area contributed by atoms with Gasteiger partial charge in [0.1, 0.15) is 10.6 Å². The molecule has 146 valence electrons. The van der Waals surface area contributed by atoms with E-state index in [0.29, 0.717) is 17.3 Å². The van der Waals surface area contributed by atoms with Gasteiger partial charge in [-0.1, -0.05) is 16.6 Å². The van der Waals surface area contributed by atoms with Crippen LogP contribution in [0.2, 0.25) is 0 Å². The second-order valence-corrected chi connectivity index (χ2v) is 7.82. The predicted octanol–water partition coefficient (Wildman–Crippen LogP) is 2.87. The molecule has 0 N–H and O–H groups in total. The fourth-order valence-corrected chi connectivity index (χ4v) is 4.47. The molecule has 1 atom stereocenters. The zero-order chi connectivity index (χ0) is 19.7. The summed E-state index contributed by atoms with van der Waals surface area (Å²) in [7, 11) is 0. The number of nitrogens with zero attached hydrogens (tertiary/aromatic N) is 6. The van der Waals surface area contributed by atoms with Crippen molar-refractivity contribution in [3.05, 3.63) is 40.1 Å². The van der Waals surface area contributed by atoms with Gasteiger partial charge in [0, 0.05) is 25.5 Å². The van der Waals surface area contributed by atoms with Crippen LogP contribution < -0.4 is 0 Å². The molecular weight excluding hydrogens is 376 g/mol. The number of hydrogen-bond acceptors (Lipinski definition) is 8. The number of amides is 1. The Labute approximate surface area is 167 Å². The Morgan fingerprint density at radius 3 is 2.86 bits per heavy atom. The largest absolute Gasteiger partial charge is 0.361 e. The normalized spacial score (nSPS) is 16.7. The Hall–Kier alpha value is -2.68. The molecule has 8 nitrogen and oxygen atoms in total. The quantitative estimate of drug-likeness (QED) is 0.652. The van der Waals surface area contributed by atoms with E-state index in [1.54, 1.807) is 12.4 Å². The van der Waals surface area contributed by atoms with Crippen molar-refractivity contribution in [2.75, 3.05) is 13.1 Å². The Balaban J connectivity index is 1.51. The van der Waals surface area contributed by atoms with Crippen LogP contribution in [-0.2, 0) is 12.8 Å². The molecular formula is C19H22N6O2S. The van der Waals surface area contributed by atoms with E-state index in [1.807, 2.05) is 25.7 Å². The fraction of sp³-hybridized carbons (Fsp3) is 0.474. The summed E-state index contributed by atoms with van der Waals surface area (Å²) >= 11 is 1.19. The number of aryl methyl sites for hydroxylation is 3. The molecule has 1 amide bonds. The molecule has 1 fully saturated rings. The number of carbonyl (C=O) groups is 1. The lowest BCUT2D eigenvalue weighted by atomic mass is 9.98. The lowest BCUT2D eigenvalue weighted by Gasteiger charge is -2.16. The first-order chi connectivity index (χ1) is 13.6. The standard InChI is InChI=1S/C19H22N6O2S/c1-4-14-18(28-24-22-14)19(26)25-8-5-13(10-25)9-15-17(21-7-6-20-15)16-11(2)23-27-12(16)3/h6-7,13H,4-5,8-10H2,1-3H3. The molecule has 3 aromatic heterocycles. The third-order valence-corrected chi connectivity index (χ3v) is 5.94. The minimum Gasteiger partial charge on any atom is -0.361 e. The highest BCUT2D eigenvalue weighted by Crippen LogP contribution is 2.30. The van der Waals surface area contributed by atoms with Gasteiger partial charge in [-0.05, 0) is 50.6 Å². The van der Waals surface area contributed by atoms with Gasteiger partial charge in [-0.3, -0.25) is 14.8 Å². The van der Waals surface area contributed by atoms with Gasteiger partial charge in [-0.25, -0.2) is 0 Å². The number of likely N-dealkylation sites (tertiary alicyclic amines) is 1. The first-order valence-electron chi connectivity index (χ1n) is 9.42. The monoisotopic (exact) mass is 398 g/mol. The van der Waals surface area contributed by atoms with Gasteiger partial charge < -0.3 is 9.42 Å². The van der Waals surface area contributed by atoms with E-state index >= 15 is 0 Å². The van der Waals surface area contributed by atoms with E-state index in [1.165, 1.54) is 11.5 Å². The highest BCUT2D eigenvalue weighted by Gasteiger charge is 2.30. The van der Waals surface area contributed by atoms with Crippen molar-refractivity contribution >= 4 is 17.4 Å². The molecule has 1 saturated heterocycles. The summed E-state index contributed by atoms with van der Waals surface area (Å²) in [5.74, 6) is 1.12. The Kier molecular flexibility index (Phi) is 5.17. The Morgan fingerprint density at radius 1 is 1.29 bits per heavy atom. The number of rotatable bonds is 5. The molecule has 9 heteroatoms. The molecule has 4 heterocycles. The second-order valence-electron chi connectivity index (χ2n) is 7.06. The van der Waals surface area contributed by atoms with Crippen molar-refractivity contribution in [2.45, 2.75) is 40.0 Å². The predicted molar refractivity (Wildman–Crippen MR) is 104 cm³/mol. The van der Waals surface area contributed by atoms with Gasteiger partial charge in [-0.15, -0.1) is 5.10 Å². The van der Waals surface area contributed by atoms with Crippen molar-refractivity contribution in [2.24, 2.45) is 5.92 Å². The van der Waals surface area contributed by atoms with Crippen molar-refractivity contribution in [1.29, 1.82) is 0 Å². The van der Waals surface area contributed by atoms with Crippen LogP contribution in [-0.4, -0.2) is 48.6 Å². The third kappa shape index (κ3) is 3.42.